The summed E-state index contributed by atoms with van der Waals surface area (Å²) >= 11 is 0. The van der Waals surface area contributed by atoms with Crippen molar-refractivity contribution in [1.82, 2.24) is 19.7 Å². The summed E-state index contributed by atoms with van der Waals surface area (Å²) in [7, 11) is 0. The van der Waals surface area contributed by atoms with Crippen molar-refractivity contribution >= 4 is 5.91 Å². The normalized spacial score (nSPS) is 11.9. The van der Waals surface area contributed by atoms with Crippen LogP contribution in [0.1, 0.15) is 21.6 Å². The zero-order valence-electron chi connectivity index (χ0n) is 18.3. The van der Waals surface area contributed by atoms with Crippen LogP contribution in [0.5, 0.6) is 11.5 Å². The summed E-state index contributed by atoms with van der Waals surface area (Å²) < 4.78 is 26.7. The van der Waals surface area contributed by atoms with E-state index in [0.29, 0.717) is 22.7 Å². The molecule has 1 aliphatic heterocycles. The van der Waals surface area contributed by atoms with Crippen LogP contribution in [0.4, 0.5) is 4.39 Å². The summed E-state index contributed by atoms with van der Waals surface area (Å²) in [5, 5.41) is 6.70. The summed E-state index contributed by atoms with van der Waals surface area (Å²) in [6.45, 7) is -0.159. The third-order valence-corrected chi connectivity index (χ3v) is 5.45. The van der Waals surface area contributed by atoms with Gasteiger partial charge in [0.2, 0.25) is 12.5 Å². The number of rotatable bonds is 6. The molecule has 35 heavy (non-hydrogen) atoms. The molecule has 1 N–H and O–H groups in total. The predicted octanol–water partition coefficient (Wildman–Crippen LogP) is 2.24. The van der Waals surface area contributed by atoms with Gasteiger partial charge in [-0.2, -0.15) is 9.78 Å². The highest BCUT2D eigenvalue weighted by Crippen LogP contribution is 2.32. The number of para-hydroxylation sites is 1. The lowest BCUT2D eigenvalue weighted by Gasteiger charge is -2.13. The third kappa shape index (κ3) is 4.41. The maximum absolute atomic E-state index is 14.3. The smallest absolute Gasteiger partial charge is 0.352 e. The molecule has 0 fully saturated rings. The van der Waals surface area contributed by atoms with Crippen LogP contribution in [-0.2, 0) is 13.1 Å². The lowest BCUT2D eigenvalue weighted by atomic mass is 10.2. The largest absolute Gasteiger partial charge is 0.454 e. The highest BCUT2D eigenvalue weighted by atomic mass is 19.1. The van der Waals surface area contributed by atoms with E-state index in [1.165, 1.54) is 18.2 Å². The number of ether oxygens (including phenoxy) is 2. The number of fused-ring (bicyclic) bond motifs is 1. The molecule has 4 aromatic rings. The number of amides is 1. The second-order valence-electron chi connectivity index (χ2n) is 7.73. The van der Waals surface area contributed by atoms with E-state index in [4.69, 9.17) is 9.47 Å². The topological polar surface area (TPSA) is 104 Å². The molecule has 2 heterocycles. The van der Waals surface area contributed by atoms with Gasteiger partial charge in [0.25, 0.3) is 11.5 Å². The molecule has 0 saturated heterocycles. The summed E-state index contributed by atoms with van der Waals surface area (Å²) in [6, 6.07) is 19.3. The molecule has 0 spiro atoms. The number of carbonyl (C=O) groups excluding carboxylic acids is 1. The van der Waals surface area contributed by atoms with Gasteiger partial charge in [-0.15, -0.1) is 0 Å². The van der Waals surface area contributed by atoms with E-state index < -0.39 is 28.7 Å². The van der Waals surface area contributed by atoms with E-state index >= 15 is 0 Å². The molecule has 1 aromatic heterocycles. The van der Waals surface area contributed by atoms with E-state index in [-0.39, 0.29) is 25.4 Å². The molecule has 0 radical (unpaired) electrons. The van der Waals surface area contributed by atoms with Crippen LogP contribution >= 0.6 is 0 Å². The average molecular weight is 474 g/mol. The molecule has 5 rings (SSSR count). The van der Waals surface area contributed by atoms with Gasteiger partial charge in [-0.25, -0.2) is 9.18 Å². The molecular weight excluding hydrogens is 455 g/mol. The fraction of sp³-hybridized carbons (Fsp3) is 0.120. The fourth-order valence-electron chi connectivity index (χ4n) is 3.65. The highest BCUT2D eigenvalue weighted by Gasteiger charge is 2.21. The number of hydrogen-bond acceptors (Lipinski definition) is 6. The Morgan fingerprint density at radius 1 is 0.971 bits per heavy atom. The van der Waals surface area contributed by atoms with Crippen molar-refractivity contribution in [2.24, 2.45) is 0 Å². The van der Waals surface area contributed by atoms with Crippen LogP contribution in [0.15, 0.2) is 82.4 Å². The predicted molar refractivity (Wildman–Crippen MR) is 123 cm³/mol. The van der Waals surface area contributed by atoms with Crippen molar-refractivity contribution in [1.29, 1.82) is 0 Å². The maximum Gasteiger partial charge on any atom is 0.352 e. The lowest BCUT2D eigenvalue weighted by molar-refractivity contribution is 0.0941. The van der Waals surface area contributed by atoms with Gasteiger partial charge < -0.3 is 14.8 Å². The van der Waals surface area contributed by atoms with Gasteiger partial charge in [0.1, 0.15) is 5.82 Å². The van der Waals surface area contributed by atoms with E-state index in [9.17, 15) is 18.8 Å². The number of nitrogens with one attached hydrogen (secondary N) is 1. The lowest BCUT2D eigenvalue weighted by Crippen LogP contribution is -2.46. The van der Waals surface area contributed by atoms with Crippen LogP contribution in [0.25, 0.3) is 5.69 Å². The molecule has 0 atom stereocenters. The Bertz CT molecular complexity index is 1530. The van der Waals surface area contributed by atoms with Crippen LogP contribution in [0.3, 0.4) is 0 Å². The van der Waals surface area contributed by atoms with Crippen LogP contribution in [0, 0.1) is 5.82 Å². The monoisotopic (exact) mass is 474 g/mol. The Balaban J connectivity index is 1.51. The number of benzene rings is 3. The Kier molecular flexibility index (Phi) is 5.84. The van der Waals surface area contributed by atoms with E-state index in [1.54, 1.807) is 54.6 Å². The van der Waals surface area contributed by atoms with Gasteiger partial charge in [0, 0.05) is 12.1 Å². The summed E-state index contributed by atoms with van der Waals surface area (Å²) in [5.41, 5.74) is -1.02. The molecule has 0 unspecified atom stereocenters. The molecule has 1 amide bonds. The molecule has 0 saturated carbocycles. The number of aromatic nitrogens is 3. The second-order valence-corrected chi connectivity index (χ2v) is 7.73. The fourth-order valence-corrected chi connectivity index (χ4v) is 3.65. The van der Waals surface area contributed by atoms with Crippen molar-refractivity contribution < 1.29 is 18.7 Å². The van der Waals surface area contributed by atoms with E-state index in [2.05, 4.69) is 10.4 Å². The number of halogens is 1. The molecule has 1 aliphatic rings. The zero-order valence-corrected chi connectivity index (χ0v) is 18.3. The van der Waals surface area contributed by atoms with E-state index in [1.807, 2.05) is 0 Å². The number of nitrogens with zero attached hydrogens (tertiary/aromatic N) is 3. The molecule has 9 nitrogen and oxygen atoms in total. The van der Waals surface area contributed by atoms with Crippen LogP contribution in [-0.4, -0.2) is 27.0 Å². The van der Waals surface area contributed by atoms with Gasteiger partial charge in [0.05, 0.1) is 12.2 Å². The Labute approximate surface area is 198 Å². The minimum Gasteiger partial charge on any atom is -0.454 e. The molecule has 10 heteroatoms. The van der Waals surface area contributed by atoms with Gasteiger partial charge >= 0.3 is 5.69 Å². The van der Waals surface area contributed by atoms with Gasteiger partial charge in [0.15, 0.2) is 11.5 Å². The zero-order chi connectivity index (χ0) is 24.4. The van der Waals surface area contributed by atoms with Crippen molar-refractivity contribution in [3.8, 4) is 17.2 Å². The first kappa shape index (κ1) is 22.1. The van der Waals surface area contributed by atoms with Crippen molar-refractivity contribution in [2.75, 3.05) is 6.79 Å². The SMILES string of the molecule is O=C(NCc1ccc2c(c1)OCO2)c1nn(-c2ccccc2)c(=O)n(Cc2ccccc2F)c1=O. The van der Waals surface area contributed by atoms with Gasteiger partial charge in [-0.05, 0) is 35.9 Å². The summed E-state index contributed by atoms with van der Waals surface area (Å²) in [5.74, 6) is -0.192. The summed E-state index contributed by atoms with van der Waals surface area (Å²) in [6.07, 6.45) is 0. The minimum absolute atomic E-state index is 0.0777. The first-order valence-corrected chi connectivity index (χ1v) is 10.7. The maximum atomic E-state index is 14.3. The van der Waals surface area contributed by atoms with Crippen molar-refractivity contribution in [3.05, 3.63) is 116 Å². The van der Waals surface area contributed by atoms with Crippen molar-refractivity contribution in [3.63, 3.8) is 0 Å². The first-order valence-electron chi connectivity index (χ1n) is 10.7. The molecule has 0 aliphatic carbocycles. The van der Waals surface area contributed by atoms with Gasteiger partial charge in [-0.3, -0.25) is 14.2 Å². The molecule has 3 aromatic carbocycles. The minimum atomic E-state index is -0.923. The Morgan fingerprint density at radius 2 is 1.71 bits per heavy atom. The van der Waals surface area contributed by atoms with Gasteiger partial charge in [-0.1, -0.05) is 42.5 Å². The highest BCUT2D eigenvalue weighted by molar-refractivity contribution is 5.91. The molecule has 0 bridgehead atoms. The standard InChI is InChI=1S/C25H19FN4O5/c26-19-9-5-4-6-17(19)14-29-24(32)22(28-30(25(29)33)18-7-2-1-3-8-18)23(31)27-13-16-10-11-20-21(12-16)35-15-34-20/h1-12H,13-15H2,(H,27,31). The molecular formula is C25H19FN4O5. The number of carbonyl (C=O) groups is 1. The second kappa shape index (κ2) is 9.26. The van der Waals surface area contributed by atoms with Crippen LogP contribution in [0.2, 0.25) is 0 Å². The third-order valence-electron chi connectivity index (χ3n) is 5.45. The quantitative estimate of drug-likeness (QED) is 0.460. The summed E-state index contributed by atoms with van der Waals surface area (Å²) in [4.78, 5) is 39.3. The van der Waals surface area contributed by atoms with E-state index in [0.717, 1.165) is 9.25 Å². The molecule has 176 valence electrons. The van der Waals surface area contributed by atoms with Crippen molar-refractivity contribution in [2.45, 2.75) is 13.1 Å². The number of hydrogen-bond donors (Lipinski definition) is 1. The van der Waals surface area contributed by atoms with Crippen LogP contribution < -0.4 is 26.0 Å². The first-order chi connectivity index (χ1) is 17.0. The average Bonchev–Trinajstić information content (AvgIpc) is 3.35. The Hall–Kier alpha value is -4.73. The Morgan fingerprint density at radius 3 is 2.51 bits per heavy atom.